The molecule has 1 saturated carbocycles. The van der Waals surface area contributed by atoms with E-state index in [4.69, 9.17) is 0 Å². The molecule has 17 heavy (non-hydrogen) atoms. The van der Waals surface area contributed by atoms with E-state index in [1.165, 1.54) is 44.2 Å². The van der Waals surface area contributed by atoms with E-state index in [1.54, 1.807) is 0 Å². The standard InChI is InChI=1S/C13H19N3O/c17-9-12-11-7-14-8-13(11)16(15-12)10-5-3-1-2-4-6-10/h9-10,14H,1-8H2. The Kier molecular flexibility index (Phi) is 2.97. The molecule has 3 rings (SSSR count). The Bertz CT molecular complexity index is 417. The van der Waals surface area contributed by atoms with E-state index in [2.05, 4.69) is 15.1 Å². The SMILES string of the molecule is O=Cc1nn(C2CCCCCC2)c2c1CNC2. The van der Waals surface area contributed by atoms with Crippen molar-refractivity contribution >= 4 is 6.29 Å². The lowest BCUT2D eigenvalue weighted by molar-refractivity contribution is 0.111. The van der Waals surface area contributed by atoms with E-state index in [1.807, 2.05) is 0 Å². The molecule has 1 aromatic heterocycles. The van der Waals surface area contributed by atoms with Gasteiger partial charge in [-0.1, -0.05) is 25.7 Å². The average molecular weight is 233 g/mol. The normalized spacial score (nSPS) is 21.2. The summed E-state index contributed by atoms with van der Waals surface area (Å²) in [6.45, 7) is 1.67. The lowest BCUT2D eigenvalue weighted by Crippen LogP contribution is -2.15. The van der Waals surface area contributed by atoms with Gasteiger partial charge < -0.3 is 5.32 Å². The fourth-order valence-corrected chi connectivity index (χ4v) is 3.11. The Hall–Kier alpha value is -1.16. The van der Waals surface area contributed by atoms with Crippen LogP contribution in [0.15, 0.2) is 0 Å². The van der Waals surface area contributed by atoms with Gasteiger partial charge in [0, 0.05) is 18.7 Å². The largest absolute Gasteiger partial charge is 0.307 e. The molecule has 1 aliphatic heterocycles. The Labute approximate surface area is 101 Å². The van der Waals surface area contributed by atoms with Crippen LogP contribution in [0.3, 0.4) is 0 Å². The molecule has 0 unspecified atom stereocenters. The van der Waals surface area contributed by atoms with Crippen LogP contribution in [-0.4, -0.2) is 16.1 Å². The van der Waals surface area contributed by atoms with Crippen molar-refractivity contribution in [1.29, 1.82) is 0 Å². The zero-order valence-electron chi connectivity index (χ0n) is 10.1. The molecular weight excluding hydrogens is 214 g/mol. The molecule has 92 valence electrons. The molecular formula is C13H19N3O. The molecule has 1 aliphatic carbocycles. The van der Waals surface area contributed by atoms with Gasteiger partial charge in [-0.05, 0) is 12.8 Å². The number of carbonyl (C=O) groups is 1. The second-order valence-corrected chi connectivity index (χ2v) is 5.12. The monoisotopic (exact) mass is 233 g/mol. The highest BCUT2D eigenvalue weighted by atomic mass is 16.1. The van der Waals surface area contributed by atoms with Gasteiger partial charge in [-0.25, -0.2) is 0 Å². The molecule has 0 aromatic carbocycles. The first-order chi connectivity index (χ1) is 8.40. The minimum Gasteiger partial charge on any atom is -0.307 e. The van der Waals surface area contributed by atoms with Crippen LogP contribution in [0.5, 0.6) is 0 Å². The van der Waals surface area contributed by atoms with Gasteiger partial charge in [0.05, 0.1) is 11.7 Å². The van der Waals surface area contributed by atoms with Crippen molar-refractivity contribution in [1.82, 2.24) is 15.1 Å². The highest BCUT2D eigenvalue weighted by Gasteiger charge is 2.26. The van der Waals surface area contributed by atoms with Gasteiger partial charge in [-0.3, -0.25) is 9.48 Å². The van der Waals surface area contributed by atoms with Crippen LogP contribution in [0, 0.1) is 0 Å². The number of nitrogens with one attached hydrogen (secondary N) is 1. The molecule has 2 aliphatic rings. The molecule has 1 fully saturated rings. The molecule has 1 aromatic rings. The van der Waals surface area contributed by atoms with Crippen LogP contribution in [0.1, 0.15) is 66.3 Å². The van der Waals surface area contributed by atoms with Gasteiger partial charge in [0.25, 0.3) is 0 Å². The van der Waals surface area contributed by atoms with Crippen LogP contribution >= 0.6 is 0 Å². The molecule has 0 atom stereocenters. The second-order valence-electron chi connectivity index (χ2n) is 5.12. The first-order valence-electron chi connectivity index (χ1n) is 6.66. The fraction of sp³-hybridized carbons (Fsp3) is 0.692. The van der Waals surface area contributed by atoms with E-state index in [9.17, 15) is 4.79 Å². The maximum atomic E-state index is 11.0. The number of hydrogen-bond donors (Lipinski definition) is 1. The lowest BCUT2D eigenvalue weighted by atomic mass is 10.1. The zero-order chi connectivity index (χ0) is 11.7. The third kappa shape index (κ3) is 1.90. The van der Waals surface area contributed by atoms with Crippen LogP contribution in [0.4, 0.5) is 0 Å². The van der Waals surface area contributed by atoms with Crippen molar-refractivity contribution in [2.45, 2.75) is 57.7 Å². The molecule has 1 N–H and O–H groups in total. The minimum atomic E-state index is 0.514. The molecule has 0 bridgehead atoms. The first-order valence-corrected chi connectivity index (χ1v) is 6.66. The van der Waals surface area contributed by atoms with Crippen molar-refractivity contribution in [3.05, 3.63) is 17.0 Å². The highest BCUT2D eigenvalue weighted by Crippen LogP contribution is 2.30. The number of aromatic nitrogens is 2. The third-order valence-corrected chi connectivity index (χ3v) is 4.03. The summed E-state index contributed by atoms with van der Waals surface area (Å²) in [4.78, 5) is 11.0. The van der Waals surface area contributed by atoms with Gasteiger partial charge in [0.1, 0.15) is 5.69 Å². The maximum Gasteiger partial charge on any atom is 0.170 e. The highest BCUT2D eigenvalue weighted by molar-refractivity contribution is 5.75. The number of fused-ring (bicyclic) bond motifs is 1. The van der Waals surface area contributed by atoms with Gasteiger partial charge in [-0.2, -0.15) is 5.10 Å². The molecule has 4 nitrogen and oxygen atoms in total. The molecule has 2 heterocycles. The summed E-state index contributed by atoms with van der Waals surface area (Å²) in [5.41, 5.74) is 3.03. The van der Waals surface area contributed by atoms with E-state index in [0.717, 1.165) is 24.9 Å². The Morgan fingerprint density at radius 1 is 1.18 bits per heavy atom. The maximum absolute atomic E-state index is 11.0. The molecule has 0 amide bonds. The Balaban J connectivity index is 1.93. The molecule has 0 saturated heterocycles. The summed E-state index contributed by atoms with van der Waals surface area (Å²) in [5.74, 6) is 0. The average Bonchev–Trinajstić information content (AvgIpc) is 2.83. The molecule has 4 heteroatoms. The van der Waals surface area contributed by atoms with Gasteiger partial charge >= 0.3 is 0 Å². The molecule has 0 radical (unpaired) electrons. The Morgan fingerprint density at radius 2 is 1.94 bits per heavy atom. The third-order valence-electron chi connectivity index (χ3n) is 4.03. The lowest BCUT2D eigenvalue weighted by Gasteiger charge is -2.17. The Morgan fingerprint density at radius 3 is 2.65 bits per heavy atom. The fourth-order valence-electron chi connectivity index (χ4n) is 3.11. The second kappa shape index (κ2) is 4.61. The summed E-state index contributed by atoms with van der Waals surface area (Å²) in [5, 5.41) is 7.84. The molecule has 0 spiro atoms. The quantitative estimate of drug-likeness (QED) is 0.629. The van der Waals surface area contributed by atoms with Crippen LogP contribution in [-0.2, 0) is 13.1 Å². The minimum absolute atomic E-state index is 0.514. The zero-order valence-corrected chi connectivity index (χ0v) is 10.1. The topological polar surface area (TPSA) is 46.9 Å². The van der Waals surface area contributed by atoms with Gasteiger partial charge in [0.15, 0.2) is 6.29 Å². The van der Waals surface area contributed by atoms with Crippen LogP contribution in [0.25, 0.3) is 0 Å². The van der Waals surface area contributed by atoms with Crippen molar-refractivity contribution in [3.63, 3.8) is 0 Å². The summed E-state index contributed by atoms with van der Waals surface area (Å²) in [6.07, 6.45) is 8.61. The number of aldehydes is 1. The summed E-state index contributed by atoms with van der Waals surface area (Å²) < 4.78 is 2.14. The number of carbonyl (C=O) groups excluding carboxylic acids is 1. The van der Waals surface area contributed by atoms with Gasteiger partial charge in [0.2, 0.25) is 0 Å². The van der Waals surface area contributed by atoms with Crippen molar-refractivity contribution in [2.75, 3.05) is 0 Å². The predicted octanol–water partition coefficient (Wildman–Crippen LogP) is 2.19. The van der Waals surface area contributed by atoms with E-state index in [-0.39, 0.29) is 0 Å². The van der Waals surface area contributed by atoms with E-state index >= 15 is 0 Å². The van der Waals surface area contributed by atoms with Crippen LogP contribution in [0.2, 0.25) is 0 Å². The number of rotatable bonds is 2. The number of hydrogen-bond acceptors (Lipinski definition) is 3. The van der Waals surface area contributed by atoms with E-state index in [0.29, 0.717) is 11.7 Å². The predicted molar refractivity (Wildman–Crippen MR) is 64.9 cm³/mol. The van der Waals surface area contributed by atoms with Crippen molar-refractivity contribution in [2.24, 2.45) is 0 Å². The number of nitrogens with zero attached hydrogens (tertiary/aromatic N) is 2. The van der Waals surface area contributed by atoms with Crippen molar-refractivity contribution in [3.8, 4) is 0 Å². The van der Waals surface area contributed by atoms with Crippen LogP contribution < -0.4 is 5.32 Å². The first kappa shape index (κ1) is 11.0. The summed E-state index contributed by atoms with van der Waals surface area (Å²) in [7, 11) is 0. The summed E-state index contributed by atoms with van der Waals surface area (Å²) >= 11 is 0. The van der Waals surface area contributed by atoms with Crippen molar-refractivity contribution < 1.29 is 4.79 Å². The van der Waals surface area contributed by atoms with Gasteiger partial charge in [-0.15, -0.1) is 0 Å². The summed E-state index contributed by atoms with van der Waals surface area (Å²) in [6, 6.07) is 0.514. The van der Waals surface area contributed by atoms with E-state index < -0.39 is 0 Å². The smallest absolute Gasteiger partial charge is 0.170 e.